The van der Waals surface area contributed by atoms with Gasteiger partial charge in [0.25, 0.3) is 5.91 Å². The van der Waals surface area contributed by atoms with Crippen molar-refractivity contribution in [2.75, 3.05) is 31.6 Å². The number of amides is 2. The number of nitrogens with one attached hydrogen (secondary N) is 1. The number of halogens is 1. The van der Waals surface area contributed by atoms with E-state index in [1.54, 1.807) is 17.0 Å². The highest BCUT2D eigenvalue weighted by molar-refractivity contribution is 7.18. The van der Waals surface area contributed by atoms with Gasteiger partial charge >= 0.3 is 6.09 Å². The summed E-state index contributed by atoms with van der Waals surface area (Å²) in [6.07, 6.45) is 1.93. The first-order valence-electron chi connectivity index (χ1n) is 9.79. The van der Waals surface area contributed by atoms with Gasteiger partial charge in [-0.05, 0) is 48.9 Å². The van der Waals surface area contributed by atoms with E-state index in [9.17, 15) is 9.59 Å². The topological polar surface area (TPSA) is 61.9 Å². The van der Waals surface area contributed by atoms with Crippen molar-refractivity contribution in [3.05, 3.63) is 62.6 Å². The number of fused-ring (bicyclic) bond motifs is 1. The quantitative estimate of drug-likeness (QED) is 0.760. The number of hydrogen-bond acceptors (Lipinski definition) is 5. The molecular formula is C22H24ClN3O3S. The highest BCUT2D eigenvalue weighted by atomic mass is 35.5. The van der Waals surface area contributed by atoms with Crippen molar-refractivity contribution in [1.29, 1.82) is 0 Å². The summed E-state index contributed by atoms with van der Waals surface area (Å²) in [5.41, 5.74) is 3.43. The van der Waals surface area contributed by atoms with Crippen LogP contribution < -0.4 is 10.2 Å². The molecule has 0 radical (unpaired) electrons. The number of likely N-dealkylation sites (N-methyl/N-ethyl adjacent to an activating group) is 1. The monoisotopic (exact) mass is 445 g/mol. The van der Waals surface area contributed by atoms with Crippen molar-refractivity contribution in [3.63, 3.8) is 0 Å². The molecule has 1 saturated heterocycles. The lowest BCUT2D eigenvalue weighted by molar-refractivity contribution is 0.0972. The fourth-order valence-corrected chi connectivity index (χ4v) is 5.06. The third-order valence-electron chi connectivity index (χ3n) is 5.47. The number of benzene rings is 1. The summed E-state index contributed by atoms with van der Waals surface area (Å²) in [6, 6.07) is 9.52. The number of cyclic esters (lactones) is 1. The molecule has 0 saturated carbocycles. The van der Waals surface area contributed by atoms with E-state index < -0.39 is 6.09 Å². The van der Waals surface area contributed by atoms with E-state index in [0.717, 1.165) is 25.2 Å². The van der Waals surface area contributed by atoms with Crippen LogP contribution in [0, 0.1) is 0 Å². The smallest absolute Gasteiger partial charge is 0.411 e. The molecule has 1 fully saturated rings. The minimum absolute atomic E-state index is 0.0463. The summed E-state index contributed by atoms with van der Waals surface area (Å²) in [6.45, 7) is 6.75. The summed E-state index contributed by atoms with van der Waals surface area (Å²) < 4.78 is 5.89. The SMILES string of the molecule is CN1CCc2cc(N3C/C(=C\NC(=O)c4ccc(Cl)s4)OC3=O)ccc2C(C)(C)C1. The molecule has 0 spiro atoms. The van der Waals surface area contributed by atoms with Gasteiger partial charge in [0, 0.05) is 30.4 Å². The van der Waals surface area contributed by atoms with Crippen molar-refractivity contribution in [2.45, 2.75) is 25.7 Å². The van der Waals surface area contributed by atoms with Crippen LogP contribution in [0.5, 0.6) is 0 Å². The van der Waals surface area contributed by atoms with Crippen LogP contribution >= 0.6 is 22.9 Å². The fraction of sp³-hybridized carbons (Fsp3) is 0.364. The summed E-state index contributed by atoms with van der Waals surface area (Å²) in [5, 5.41) is 2.66. The Morgan fingerprint density at radius 2 is 2.10 bits per heavy atom. The predicted octanol–water partition coefficient (Wildman–Crippen LogP) is 4.40. The molecule has 4 rings (SSSR count). The predicted molar refractivity (Wildman–Crippen MR) is 119 cm³/mol. The zero-order valence-electron chi connectivity index (χ0n) is 17.2. The Kier molecular flexibility index (Phi) is 5.61. The van der Waals surface area contributed by atoms with Crippen LogP contribution in [0.2, 0.25) is 4.34 Å². The second kappa shape index (κ2) is 8.06. The molecule has 0 unspecified atom stereocenters. The van der Waals surface area contributed by atoms with Crippen LogP contribution in [0.1, 0.15) is 34.6 Å². The average molecular weight is 446 g/mol. The van der Waals surface area contributed by atoms with Gasteiger partial charge in [-0.1, -0.05) is 31.5 Å². The van der Waals surface area contributed by atoms with Gasteiger partial charge in [0.2, 0.25) is 0 Å². The minimum Gasteiger partial charge on any atom is -0.411 e. The largest absolute Gasteiger partial charge is 0.419 e. The third-order valence-corrected chi connectivity index (χ3v) is 6.70. The van der Waals surface area contributed by atoms with Crippen LogP contribution in [0.25, 0.3) is 0 Å². The zero-order chi connectivity index (χ0) is 21.5. The standard InChI is InChI=1S/C22H24ClN3O3S/c1-22(2)13-25(3)9-8-14-10-15(4-5-17(14)22)26-12-16(29-21(26)28)11-24-20(27)18-6-7-19(23)30-18/h4-7,10-11H,8-9,12-13H2,1-3H3,(H,24,27)/b16-11+. The molecule has 1 aromatic carbocycles. The number of hydrogen-bond donors (Lipinski definition) is 1. The second-order valence-corrected chi connectivity index (χ2v) is 10.1. The molecule has 0 aliphatic carbocycles. The van der Waals surface area contributed by atoms with Crippen LogP contribution in [0.3, 0.4) is 0 Å². The minimum atomic E-state index is -0.445. The van der Waals surface area contributed by atoms with E-state index in [4.69, 9.17) is 16.3 Å². The average Bonchev–Trinajstić information content (AvgIpc) is 3.26. The molecule has 2 aromatic rings. The number of nitrogens with zero attached hydrogens (tertiary/aromatic N) is 2. The maximum absolute atomic E-state index is 12.4. The molecule has 8 heteroatoms. The number of thiophene rings is 1. The molecule has 6 nitrogen and oxygen atoms in total. The highest BCUT2D eigenvalue weighted by Gasteiger charge is 2.32. The van der Waals surface area contributed by atoms with Gasteiger partial charge in [-0.2, -0.15) is 0 Å². The van der Waals surface area contributed by atoms with Crippen LogP contribution in [0.15, 0.2) is 42.3 Å². The van der Waals surface area contributed by atoms with Crippen LogP contribution in [0.4, 0.5) is 10.5 Å². The van der Waals surface area contributed by atoms with E-state index in [1.165, 1.54) is 28.7 Å². The Balaban J connectivity index is 1.50. The fourth-order valence-electron chi connectivity index (χ4n) is 4.11. The molecular weight excluding hydrogens is 422 g/mol. The Labute approximate surface area is 185 Å². The van der Waals surface area contributed by atoms with Crippen LogP contribution in [-0.2, 0) is 16.6 Å². The number of anilines is 1. The summed E-state index contributed by atoms with van der Waals surface area (Å²) in [5.74, 6) is 0.108. The summed E-state index contributed by atoms with van der Waals surface area (Å²) >= 11 is 7.06. The van der Waals surface area contributed by atoms with Crippen molar-refractivity contribution < 1.29 is 14.3 Å². The molecule has 2 aliphatic heterocycles. The molecule has 0 atom stereocenters. The number of rotatable bonds is 3. The van der Waals surface area contributed by atoms with Gasteiger partial charge in [0.15, 0.2) is 0 Å². The molecule has 0 bridgehead atoms. The molecule has 30 heavy (non-hydrogen) atoms. The Morgan fingerprint density at radius 1 is 1.30 bits per heavy atom. The van der Waals surface area contributed by atoms with E-state index in [-0.39, 0.29) is 17.9 Å². The van der Waals surface area contributed by atoms with E-state index in [2.05, 4.69) is 43.2 Å². The Bertz CT molecular complexity index is 1030. The van der Waals surface area contributed by atoms with Crippen molar-refractivity contribution in [1.82, 2.24) is 10.2 Å². The van der Waals surface area contributed by atoms with E-state index in [0.29, 0.717) is 15.0 Å². The van der Waals surface area contributed by atoms with Crippen molar-refractivity contribution in [3.8, 4) is 0 Å². The van der Waals surface area contributed by atoms with Gasteiger partial charge in [-0.25, -0.2) is 4.79 Å². The zero-order valence-corrected chi connectivity index (χ0v) is 18.8. The van der Waals surface area contributed by atoms with Crippen LogP contribution in [-0.4, -0.2) is 43.6 Å². The Morgan fingerprint density at radius 3 is 2.83 bits per heavy atom. The van der Waals surface area contributed by atoms with Gasteiger partial charge < -0.3 is 15.0 Å². The highest BCUT2D eigenvalue weighted by Crippen LogP contribution is 2.34. The van der Waals surface area contributed by atoms with Gasteiger partial charge in [0.05, 0.1) is 15.8 Å². The maximum atomic E-state index is 12.4. The molecule has 158 valence electrons. The summed E-state index contributed by atoms with van der Waals surface area (Å²) in [7, 11) is 2.14. The summed E-state index contributed by atoms with van der Waals surface area (Å²) in [4.78, 5) is 29.0. The van der Waals surface area contributed by atoms with E-state index in [1.807, 2.05) is 6.07 Å². The normalized spacial score (nSPS) is 20.1. The lowest BCUT2D eigenvalue weighted by atomic mass is 9.81. The van der Waals surface area contributed by atoms with Gasteiger partial charge in [-0.3, -0.25) is 9.69 Å². The van der Waals surface area contributed by atoms with Gasteiger partial charge in [-0.15, -0.1) is 11.3 Å². The van der Waals surface area contributed by atoms with Gasteiger partial charge in [0.1, 0.15) is 5.76 Å². The molecule has 1 aromatic heterocycles. The molecule has 1 N–H and O–H groups in total. The maximum Gasteiger partial charge on any atom is 0.419 e. The first kappa shape index (κ1) is 20.9. The third kappa shape index (κ3) is 4.24. The lowest BCUT2D eigenvalue weighted by Crippen LogP contribution is -2.33. The lowest BCUT2D eigenvalue weighted by Gasteiger charge is -2.29. The Hall–Kier alpha value is -2.35. The second-order valence-electron chi connectivity index (χ2n) is 8.36. The molecule has 3 heterocycles. The first-order chi connectivity index (χ1) is 14.2. The van der Waals surface area contributed by atoms with Crippen molar-refractivity contribution >= 4 is 40.6 Å². The molecule has 2 aliphatic rings. The number of carbonyl (C=O) groups is 2. The number of carbonyl (C=O) groups excluding carboxylic acids is 2. The van der Waals surface area contributed by atoms with E-state index >= 15 is 0 Å². The first-order valence-corrected chi connectivity index (χ1v) is 11.0. The van der Waals surface area contributed by atoms with Crippen molar-refractivity contribution in [2.24, 2.45) is 0 Å². The molecule has 2 amide bonds. The number of ether oxygens (including phenoxy) is 1.